The Morgan fingerprint density at radius 3 is 2.50 bits per heavy atom. The van der Waals surface area contributed by atoms with Gasteiger partial charge in [-0.1, -0.05) is 5.73 Å². The van der Waals surface area contributed by atoms with Crippen molar-refractivity contribution in [1.29, 1.82) is 0 Å². The molecule has 0 unspecified atom stereocenters. The molecule has 0 aromatic rings. The van der Waals surface area contributed by atoms with Crippen LogP contribution in [0.15, 0.2) is 18.1 Å². The minimum absolute atomic E-state index is 0. The van der Waals surface area contributed by atoms with Crippen molar-refractivity contribution < 1.29 is 17.9 Å². The maximum absolute atomic E-state index is 10.0. The van der Waals surface area contributed by atoms with Gasteiger partial charge in [0.15, 0.2) is 0 Å². The Morgan fingerprint density at radius 2 is 2.20 bits per heavy atom. The van der Waals surface area contributed by atoms with Gasteiger partial charge >= 0.3 is 29.0 Å². The average Bonchev–Trinajstić information content (AvgIpc) is 1.66. The van der Waals surface area contributed by atoms with E-state index in [1.165, 1.54) is 13.2 Å². The third-order valence-corrected chi connectivity index (χ3v) is 0.460. The van der Waals surface area contributed by atoms with Gasteiger partial charge in [-0.25, -0.2) is 0 Å². The minimum atomic E-state index is -0.320. The van der Waals surface area contributed by atoms with Gasteiger partial charge in [0.2, 0.25) is 0 Å². The second kappa shape index (κ2) is 11.5. The molecule has 0 fully saturated rings. The number of hydrogen-bond acceptors (Lipinski definition) is 2. The van der Waals surface area contributed by atoms with Gasteiger partial charge in [0.05, 0.1) is 0 Å². The van der Waals surface area contributed by atoms with Crippen LogP contribution in [0.2, 0.25) is 0 Å². The number of allylic oxidation sites excluding steroid dienone is 1. The van der Waals surface area contributed by atoms with Gasteiger partial charge < -0.3 is 13.1 Å². The van der Waals surface area contributed by atoms with Crippen LogP contribution >= 0.6 is 0 Å². The van der Waals surface area contributed by atoms with Gasteiger partial charge in [-0.2, -0.15) is 0 Å². The summed E-state index contributed by atoms with van der Waals surface area (Å²) >= 11 is 0. The van der Waals surface area contributed by atoms with E-state index >= 15 is 0 Å². The first-order valence-electron chi connectivity index (χ1n) is 2.30. The van der Waals surface area contributed by atoms with Crippen molar-refractivity contribution in [3.8, 4) is 0 Å². The van der Waals surface area contributed by atoms with Crippen molar-refractivity contribution in [2.45, 2.75) is 13.8 Å². The SMILES string of the molecule is CC=C=COC(C)=O.O.[H-].[H-].[Mg+2]. The molecule has 0 aliphatic carbocycles. The molecular formula is C6H12MgO3. The fourth-order valence-corrected chi connectivity index (χ4v) is 0.185. The van der Waals surface area contributed by atoms with E-state index < -0.39 is 0 Å². The Kier molecular flexibility index (Phi) is 18.8. The predicted octanol–water partition coefficient (Wildman–Crippen LogP) is 0.258. The zero-order valence-electron chi connectivity index (χ0n) is 8.18. The predicted molar refractivity (Wildman–Crippen MR) is 41.7 cm³/mol. The molecule has 0 spiro atoms. The number of esters is 1. The van der Waals surface area contributed by atoms with Crippen molar-refractivity contribution >= 4 is 29.0 Å². The molecule has 0 saturated heterocycles. The van der Waals surface area contributed by atoms with E-state index in [4.69, 9.17) is 0 Å². The van der Waals surface area contributed by atoms with E-state index in [1.807, 2.05) is 0 Å². The largest absolute Gasteiger partial charge is 2.00 e. The van der Waals surface area contributed by atoms with Crippen molar-refractivity contribution in [2.24, 2.45) is 0 Å². The molecule has 0 rings (SSSR count). The molecule has 0 aliphatic heterocycles. The van der Waals surface area contributed by atoms with E-state index in [-0.39, 0.29) is 37.4 Å². The first kappa shape index (κ1) is 16.4. The quantitative estimate of drug-likeness (QED) is 0.237. The minimum Gasteiger partial charge on any atom is -1.00 e. The van der Waals surface area contributed by atoms with Crippen molar-refractivity contribution in [3.63, 3.8) is 0 Å². The number of hydrogen-bond donors (Lipinski definition) is 0. The van der Waals surface area contributed by atoms with Gasteiger partial charge in [0, 0.05) is 6.92 Å². The molecule has 56 valence electrons. The second-order valence-electron chi connectivity index (χ2n) is 1.18. The molecule has 2 N–H and O–H groups in total. The maximum Gasteiger partial charge on any atom is 2.00 e. The average molecular weight is 156 g/mol. The number of carbonyl (C=O) groups excluding carboxylic acids is 1. The van der Waals surface area contributed by atoms with Crippen LogP contribution < -0.4 is 0 Å². The van der Waals surface area contributed by atoms with Crippen LogP contribution in [0.25, 0.3) is 0 Å². The standard InChI is InChI=1S/C6H8O2.Mg.H2O.2H/c1-3-4-5-8-6(2)7;;;;/h3,5H,1-2H3;;1H2;;/q;+2;;2*-1. The summed E-state index contributed by atoms with van der Waals surface area (Å²) in [4.78, 5) is 10.0. The molecule has 3 nitrogen and oxygen atoms in total. The summed E-state index contributed by atoms with van der Waals surface area (Å²) in [6.07, 6.45) is 2.88. The summed E-state index contributed by atoms with van der Waals surface area (Å²) in [7, 11) is 0. The van der Waals surface area contributed by atoms with Crippen molar-refractivity contribution in [3.05, 3.63) is 18.1 Å². The first-order chi connectivity index (χ1) is 3.77. The van der Waals surface area contributed by atoms with Crippen LogP contribution in [0.3, 0.4) is 0 Å². The molecule has 0 atom stereocenters. The summed E-state index contributed by atoms with van der Waals surface area (Å²) < 4.78 is 4.38. The van der Waals surface area contributed by atoms with Crippen LogP contribution in [0, 0.1) is 0 Å². The van der Waals surface area contributed by atoms with Gasteiger partial charge in [-0.15, -0.1) is 0 Å². The molecule has 0 heterocycles. The first-order valence-corrected chi connectivity index (χ1v) is 2.30. The Hall–Kier alpha value is -0.284. The fraction of sp³-hybridized carbons (Fsp3) is 0.333. The Balaban J connectivity index is -0.0000000408. The van der Waals surface area contributed by atoms with Crippen LogP contribution in [0.1, 0.15) is 16.7 Å². The summed E-state index contributed by atoms with van der Waals surface area (Å²) in [5.74, 6) is -0.320. The summed E-state index contributed by atoms with van der Waals surface area (Å²) in [5.41, 5.74) is 2.59. The molecular weight excluding hydrogens is 144 g/mol. The zero-order chi connectivity index (χ0) is 6.41. The van der Waals surface area contributed by atoms with E-state index in [2.05, 4.69) is 10.5 Å². The summed E-state index contributed by atoms with van der Waals surface area (Å²) in [6, 6.07) is 0. The molecule has 0 aromatic heterocycles. The maximum atomic E-state index is 10.0. The molecule has 4 heteroatoms. The van der Waals surface area contributed by atoms with E-state index in [1.54, 1.807) is 13.0 Å². The summed E-state index contributed by atoms with van der Waals surface area (Å²) in [5, 5.41) is 0. The topological polar surface area (TPSA) is 57.8 Å². The number of rotatable bonds is 1. The number of ether oxygens (including phenoxy) is 1. The third-order valence-electron chi connectivity index (χ3n) is 0.460. The smallest absolute Gasteiger partial charge is 1.00 e. The van der Waals surface area contributed by atoms with Crippen LogP contribution in [-0.4, -0.2) is 34.5 Å². The van der Waals surface area contributed by atoms with Gasteiger partial charge in [-0.3, -0.25) is 4.79 Å². The molecule has 0 aromatic carbocycles. The van der Waals surface area contributed by atoms with Gasteiger partial charge in [0.1, 0.15) is 6.26 Å². The van der Waals surface area contributed by atoms with Crippen LogP contribution in [0.5, 0.6) is 0 Å². The van der Waals surface area contributed by atoms with Gasteiger partial charge in [0.25, 0.3) is 0 Å². The normalized spacial score (nSPS) is 5.40. The molecule has 0 amide bonds. The molecule has 0 saturated carbocycles. The third kappa shape index (κ3) is 15.6. The molecule has 0 radical (unpaired) electrons. The van der Waals surface area contributed by atoms with Gasteiger partial charge in [-0.05, 0) is 13.0 Å². The van der Waals surface area contributed by atoms with E-state index in [9.17, 15) is 4.79 Å². The Labute approximate surface area is 79.2 Å². The van der Waals surface area contributed by atoms with E-state index in [0.29, 0.717) is 0 Å². The fourth-order valence-electron chi connectivity index (χ4n) is 0.185. The van der Waals surface area contributed by atoms with Crippen LogP contribution in [0.4, 0.5) is 0 Å². The van der Waals surface area contributed by atoms with E-state index in [0.717, 1.165) is 0 Å². The number of carbonyl (C=O) groups is 1. The second-order valence-corrected chi connectivity index (χ2v) is 1.18. The van der Waals surface area contributed by atoms with Crippen molar-refractivity contribution in [2.75, 3.05) is 0 Å². The Bertz CT molecular complexity index is 144. The molecule has 10 heavy (non-hydrogen) atoms. The zero-order valence-corrected chi connectivity index (χ0v) is 7.59. The summed E-state index contributed by atoms with van der Waals surface area (Å²) in [6.45, 7) is 3.13. The van der Waals surface area contributed by atoms with Crippen molar-refractivity contribution in [1.82, 2.24) is 0 Å². The molecule has 0 bridgehead atoms. The Morgan fingerprint density at radius 1 is 1.70 bits per heavy atom. The van der Waals surface area contributed by atoms with Crippen LogP contribution in [-0.2, 0) is 9.53 Å². The monoisotopic (exact) mass is 156 g/mol. The molecule has 0 aliphatic rings.